The van der Waals surface area contributed by atoms with Crippen LogP contribution in [0.2, 0.25) is 0 Å². The zero-order valence-corrected chi connectivity index (χ0v) is 14.5. The molecule has 3 rings (SSSR count). The van der Waals surface area contributed by atoms with E-state index in [4.69, 9.17) is 4.74 Å². The molecule has 1 aromatic carbocycles. The van der Waals surface area contributed by atoms with E-state index in [1.54, 1.807) is 7.11 Å². The van der Waals surface area contributed by atoms with Crippen LogP contribution in [0.4, 0.5) is 0 Å². The molecule has 1 saturated heterocycles. The van der Waals surface area contributed by atoms with E-state index < -0.39 is 0 Å². The summed E-state index contributed by atoms with van der Waals surface area (Å²) < 4.78 is 5.49. The van der Waals surface area contributed by atoms with Gasteiger partial charge in [0.1, 0.15) is 5.75 Å². The lowest BCUT2D eigenvalue weighted by atomic mass is 9.51. The van der Waals surface area contributed by atoms with Gasteiger partial charge in [-0.25, -0.2) is 0 Å². The van der Waals surface area contributed by atoms with Gasteiger partial charge < -0.3 is 9.84 Å². The first-order valence-electron chi connectivity index (χ1n) is 8.39. The predicted octanol–water partition coefficient (Wildman–Crippen LogP) is 3.34. The molecule has 1 fully saturated rings. The summed E-state index contributed by atoms with van der Waals surface area (Å²) in [6.07, 6.45) is 2.35. The monoisotopic (exact) mass is 303 g/mol. The molecule has 122 valence electrons. The predicted molar refractivity (Wildman–Crippen MR) is 89.4 cm³/mol. The van der Waals surface area contributed by atoms with Gasteiger partial charge in [0.15, 0.2) is 0 Å². The SMILES string of the molecule is CO[C@H](C)CN1CC[C@]2(C)c3c(O)cccc3C[C@H]1C2(C)C. The van der Waals surface area contributed by atoms with Crippen molar-refractivity contribution in [1.29, 1.82) is 0 Å². The third-order valence-electron chi connectivity index (χ3n) is 6.58. The third kappa shape index (κ3) is 2.10. The Morgan fingerprint density at radius 1 is 1.36 bits per heavy atom. The van der Waals surface area contributed by atoms with E-state index in [9.17, 15) is 5.11 Å². The van der Waals surface area contributed by atoms with Crippen molar-refractivity contribution in [3.63, 3.8) is 0 Å². The summed E-state index contributed by atoms with van der Waals surface area (Å²) in [7, 11) is 1.79. The highest BCUT2D eigenvalue weighted by atomic mass is 16.5. The minimum Gasteiger partial charge on any atom is -0.508 e. The zero-order chi connectivity index (χ0) is 16.1. The van der Waals surface area contributed by atoms with Crippen molar-refractivity contribution in [2.24, 2.45) is 5.41 Å². The highest BCUT2D eigenvalue weighted by molar-refractivity contribution is 5.49. The number of fused-ring (bicyclic) bond motifs is 4. The van der Waals surface area contributed by atoms with E-state index in [2.05, 4.69) is 38.7 Å². The average Bonchev–Trinajstić information content (AvgIpc) is 2.45. The number of phenolic OH excluding ortho intramolecular Hbond substituents is 1. The van der Waals surface area contributed by atoms with Crippen molar-refractivity contribution in [3.8, 4) is 5.75 Å². The molecule has 2 bridgehead atoms. The minimum absolute atomic E-state index is 0.0312. The lowest BCUT2D eigenvalue weighted by molar-refractivity contribution is -0.0576. The maximum Gasteiger partial charge on any atom is 0.119 e. The molecule has 3 heteroatoms. The van der Waals surface area contributed by atoms with E-state index in [0.717, 1.165) is 25.9 Å². The highest BCUT2D eigenvalue weighted by Crippen LogP contribution is 2.57. The number of phenols is 1. The first kappa shape index (κ1) is 15.8. The van der Waals surface area contributed by atoms with E-state index in [1.165, 1.54) is 11.1 Å². The molecule has 0 saturated carbocycles. The molecule has 3 atom stereocenters. The second-order valence-corrected chi connectivity index (χ2v) is 7.88. The van der Waals surface area contributed by atoms with Crippen molar-refractivity contribution in [2.45, 2.75) is 58.1 Å². The standard InChI is InChI=1S/C19H29NO2/c1-13(22-5)12-20-10-9-19(4)17-14(7-6-8-15(17)21)11-16(20)18(19,2)3/h6-8,13,16,21H,9-12H2,1-5H3/t13-,16+,19-/m1/s1. The molecular formula is C19H29NO2. The quantitative estimate of drug-likeness (QED) is 0.929. The molecule has 0 unspecified atom stereocenters. The van der Waals surface area contributed by atoms with Gasteiger partial charge in [0.2, 0.25) is 0 Å². The molecule has 1 heterocycles. The van der Waals surface area contributed by atoms with Gasteiger partial charge in [0.25, 0.3) is 0 Å². The van der Waals surface area contributed by atoms with Crippen LogP contribution in [0, 0.1) is 5.41 Å². The van der Waals surface area contributed by atoms with E-state index in [0.29, 0.717) is 11.8 Å². The van der Waals surface area contributed by atoms with Gasteiger partial charge in [-0.1, -0.05) is 32.9 Å². The fourth-order valence-electron chi connectivity index (χ4n) is 4.73. The summed E-state index contributed by atoms with van der Waals surface area (Å²) >= 11 is 0. The molecule has 22 heavy (non-hydrogen) atoms. The summed E-state index contributed by atoms with van der Waals surface area (Å²) in [5.41, 5.74) is 2.67. The van der Waals surface area contributed by atoms with Crippen LogP contribution in [-0.4, -0.2) is 42.4 Å². The van der Waals surface area contributed by atoms with Gasteiger partial charge in [-0.3, -0.25) is 4.90 Å². The fourth-order valence-corrected chi connectivity index (χ4v) is 4.73. The number of likely N-dealkylation sites (tertiary alicyclic amines) is 1. The minimum atomic E-state index is 0.0312. The number of methoxy groups -OCH3 is 1. The molecular weight excluding hydrogens is 274 g/mol. The molecule has 0 amide bonds. The van der Waals surface area contributed by atoms with Gasteiger partial charge in [-0.05, 0) is 43.4 Å². The molecule has 1 aliphatic heterocycles. The Balaban J connectivity index is 2.04. The van der Waals surface area contributed by atoms with E-state index >= 15 is 0 Å². The summed E-state index contributed by atoms with van der Waals surface area (Å²) in [5.74, 6) is 0.477. The maximum atomic E-state index is 10.5. The Bertz CT molecular complexity index is 569. The first-order chi connectivity index (χ1) is 10.3. The number of ether oxygens (including phenoxy) is 1. The van der Waals surface area contributed by atoms with Gasteiger partial charge in [0.05, 0.1) is 6.10 Å². The summed E-state index contributed by atoms with van der Waals surface area (Å²) in [6.45, 7) is 11.3. The van der Waals surface area contributed by atoms with Crippen molar-refractivity contribution >= 4 is 0 Å². The van der Waals surface area contributed by atoms with Crippen molar-refractivity contribution in [3.05, 3.63) is 29.3 Å². The zero-order valence-electron chi connectivity index (χ0n) is 14.5. The Kier molecular flexibility index (Phi) is 3.77. The topological polar surface area (TPSA) is 32.7 Å². The number of hydrogen-bond acceptors (Lipinski definition) is 3. The number of piperidine rings is 1. The van der Waals surface area contributed by atoms with Gasteiger partial charge in [-0.15, -0.1) is 0 Å². The third-order valence-corrected chi connectivity index (χ3v) is 6.58. The van der Waals surface area contributed by atoms with E-state index in [1.807, 2.05) is 12.1 Å². The lowest BCUT2D eigenvalue weighted by Gasteiger charge is -2.61. The Labute approximate surface area is 134 Å². The highest BCUT2D eigenvalue weighted by Gasteiger charge is 2.56. The second kappa shape index (κ2) is 5.24. The van der Waals surface area contributed by atoms with Crippen LogP contribution in [0.3, 0.4) is 0 Å². The number of hydrogen-bond donors (Lipinski definition) is 1. The number of aromatic hydroxyl groups is 1. The lowest BCUT2D eigenvalue weighted by Crippen LogP contribution is -2.64. The largest absolute Gasteiger partial charge is 0.508 e. The van der Waals surface area contributed by atoms with Gasteiger partial charge in [0, 0.05) is 30.7 Å². The first-order valence-corrected chi connectivity index (χ1v) is 8.39. The van der Waals surface area contributed by atoms with Gasteiger partial charge >= 0.3 is 0 Å². The Morgan fingerprint density at radius 3 is 2.77 bits per heavy atom. The molecule has 1 aromatic rings. The fraction of sp³-hybridized carbons (Fsp3) is 0.684. The van der Waals surface area contributed by atoms with E-state index in [-0.39, 0.29) is 16.9 Å². The van der Waals surface area contributed by atoms with Crippen LogP contribution in [-0.2, 0) is 16.6 Å². The van der Waals surface area contributed by atoms with Crippen LogP contribution in [0.5, 0.6) is 5.75 Å². The summed E-state index contributed by atoms with van der Waals surface area (Å²) in [5, 5.41) is 10.5. The van der Waals surface area contributed by atoms with Gasteiger partial charge in [-0.2, -0.15) is 0 Å². The molecule has 3 nitrogen and oxygen atoms in total. The number of rotatable bonds is 3. The smallest absolute Gasteiger partial charge is 0.119 e. The van der Waals surface area contributed by atoms with Crippen molar-refractivity contribution in [1.82, 2.24) is 4.90 Å². The number of benzene rings is 1. The van der Waals surface area contributed by atoms with Crippen LogP contribution in [0.25, 0.3) is 0 Å². The Hall–Kier alpha value is -1.06. The Morgan fingerprint density at radius 2 is 2.09 bits per heavy atom. The molecule has 0 aromatic heterocycles. The summed E-state index contributed by atoms with van der Waals surface area (Å²) in [6, 6.07) is 6.52. The van der Waals surface area contributed by atoms with Crippen LogP contribution >= 0.6 is 0 Å². The number of nitrogens with zero attached hydrogens (tertiary/aromatic N) is 1. The summed E-state index contributed by atoms with van der Waals surface area (Å²) in [4.78, 5) is 2.60. The molecule has 2 aliphatic rings. The molecule has 0 radical (unpaired) electrons. The second-order valence-electron chi connectivity index (χ2n) is 7.88. The average molecular weight is 303 g/mol. The van der Waals surface area contributed by atoms with Crippen LogP contribution in [0.15, 0.2) is 18.2 Å². The van der Waals surface area contributed by atoms with Crippen molar-refractivity contribution in [2.75, 3.05) is 20.2 Å². The van der Waals surface area contributed by atoms with Crippen molar-refractivity contribution < 1.29 is 9.84 Å². The molecule has 1 aliphatic carbocycles. The van der Waals surface area contributed by atoms with Crippen LogP contribution < -0.4 is 0 Å². The maximum absolute atomic E-state index is 10.5. The van der Waals surface area contributed by atoms with Crippen LogP contribution in [0.1, 0.15) is 45.2 Å². The normalized spacial score (nSPS) is 31.6. The molecule has 0 spiro atoms. The molecule has 1 N–H and O–H groups in total.